The summed E-state index contributed by atoms with van der Waals surface area (Å²) >= 11 is 0. The van der Waals surface area contributed by atoms with E-state index in [0.29, 0.717) is 60.7 Å². The van der Waals surface area contributed by atoms with Gasteiger partial charge in [0.05, 0.1) is 11.1 Å². The van der Waals surface area contributed by atoms with Crippen LogP contribution in [0.1, 0.15) is 71.5 Å². The van der Waals surface area contributed by atoms with E-state index in [1.807, 2.05) is 42.5 Å². The van der Waals surface area contributed by atoms with Crippen molar-refractivity contribution in [2.45, 2.75) is 69.1 Å². The number of carbonyl (C=O) groups is 4. The maximum Gasteiger partial charge on any atom is 0.490 e. The first-order valence-corrected chi connectivity index (χ1v) is 23.5. The first-order chi connectivity index (χ1) is 33.6. The predicted octanol–water partition coefficient (Wildman–Crippen LogP) is 7.13. The maximum absolute atomic E-state index is 14.0. The Labute approximate surface area is 401 Å². The van der Waals surface area contributed by atoms with Crippen molar-refractivity contribution in [3.63, 3.8) is 0 Å². The van der Waals surface area contributed by atoms with Crippen LogP contribution in [0.5, 0.6) is 0 Å². The number of halogens is 5. The first-order valence-electron chi connectivity index (χ1n) is 23.5. The molecule has 0 spiro atoms. The summed E-state index contributed by atoms with van der Waals surface area (Å²) in [4.78, 5) is 54.1. The Balaban J connectivity index is 0.000000876. The van der Waals surface area contributed by atoms with Crippen LogP contribution in [0.15, 0.2) is 78.9 Å². The molecule has 3 amide bonds. The SMILES string of the molecule is O=C(O)C(F)(F)F.O=C1CCC(Nc2ccc(C3CCN(CCN4CCN(c5ccc(C(=O)Nc6n[nH]c7ccc(Cc8cc(F)cc(F)c8)cc67)c(NC6CCOCC6)c5)CC4)CC3)cc2)C(=O)N1. The van der Waals surface area contributed by atoms with Crippen LogP contribution < -0.4 is 26.2 Å². The van der Waals surface area contributed by atoms with Gasteiger partial charge >= 0.3 is 12.1 Å². The number of nitrogens with zero attached hydrogens (tertiary/aromatic N) is 4. The number of benzene rings is 4. The molecule has 0 radical (unpaired) electrons. The molecule has 5 heterocycles. The molecule has 4 aliphatic heterocycles. The molecule has 4 saturated heterocycles. The number of alkyl halides is 3. The molecule has 0 aliphatic carbocycles. The zero-order valence-corrected chi connectivity index (χ0v) is 38.4. The molecule has 4 fully saturated rings. The van der Waals surface area contributed by atoms with Crippen molar-refractivity contribution in [1.82, 2.24) is 25.3 Å². The molecule has 0 saturated carbocycles. The van der Waals surface area contributed by atoms with E-state index >= 15 is 0 Å². The van der Waals surface area contributed by atoms with E-state index in [9.17, 15) is 36.3 Å². The number of fused-ring (bicyclic) bond motifs is 1. The van der Waals surface area contributed by atoms with Gasteiger partial charge in [-0.15, -0.1) is 0 Å². The second kappa shape index (κ2) is 22.4. The molecule has 9 rings (SSSR count). The Bertz CT molecular complexity index is 2620. The van der Waals surface area contributed by atoms with Gasteiger partial charge in [0.1, 0.15) is 17.7 Å². The topological polar surface area (TPSA) is 184 Å². The highest BCUT2D eigenvalue weighted by molar-refractivity contribution is 6.11. The largest absolute Gasteiger partial charge is 0.490 e. The number of hydrogen-bond acceptors (Lipinski definition) is 11. The summed E-state index contributed by atoms with van der Waals surface area (Å²) in [6.07, 6.45) is 0.0449. The number of aromatic nitrogens is 2. The van der Waals surface area contributed by atoms with Crippen molar-refractivity contribution in [2.24, 2.45) is 0 Å². The van der Waals surface area contributed by atoms with Crippen LogP contribution >= 0.6 is 0 Å². The number of nitrogens with one attached hydrogen (secondary N) is 5. The van der Waals surface area contributed by atoms with Crippen LogP contribution in [-0.4, -0.2) is 133 Å². The molecule has 5 aromatic rings. The zero-order chi connectivity index (χ0) is 49.4. The van der Waals surface area contributed by atoms with Crippen molar-refractivity contribution < 1.29 is 51.0 Å². The average Bonchev–Trinajstić information content (AvgIpc) is 3.73. The van der Waals surface area contributed by atoms with Crippen molar-refractivity contribution >= 4 is 57.5 Å². The smallest absolute Gasteiger partial charge is 0.475 e. The van der Waals surface area contributed by atoms with Gasteiger partial charge in [0, 0.05) is 93.5 Å². The third kappa shape index (κ3) is 13.2. The average molecular weight is 974 g/mol. The van der Waals surface area contributed by atoms with Gasteiger partial charge < -0.3 is 35.6 Å². The predicted molar refractivity (Wildman–Crippen MR) is 254 cm³/mol. The van der Waals surface area contributed by atoms with Gasteiger partial charge in [0.15, 0.2) is 5.82 Å². The van der Waals surface area contributed by atoms with E-state index < -0.39 is 23.8 Å². The third-order valence-electron chi connectivity index (χ3n) is 13.3. The minimum absolute atomic E-state index is 0.179. The number of likely N-dealkylation sites (tertiary alicyclic amines) is 1. The summed E-state index contributed by atoms with van der Waals surface area (Å²) in [5.41, 5.74) is 6.69. The molecule has 15 nitrogen and oxygen atoms in total. The van der Waals surface area contributed by atoms with Crippen LogP contribution in [0.2, 0.25) is 0 Å². The Kier molecular flexibility index (Phi) is 15.9. The van der Waals surface area contributed by atoms with Crippen LogP contribution in [-0.2, 0) is 25.5 Å². The number of piperazine rings is 1. The second-order valence-corrected chi connectivity index (χ2v) is 18.1. The van der Waals surface area contributed by atoms with Crippen molar-refractivity contribution in [1.29, 1.82) is 0 Å². The number of anilines is 4. The lowest BCUT2D eigenvalue weighted by Crippen LogP contribution is -2.49. The van der Waals surface area contributed by atoms with E-state index in [0.717, 1.165) is 112 Å². The molecular formula is C50H56F5N9O6. The van der Waals surface area contributed by atoms with Gasteiger partial charge in [-0.05, 0) is 129 Å². The Morgan fingerprint density at radius 2 is 1.44 bits per heavy atom. The number of carbonyl (C=O) groups excluding carboxylic acids is 3. The number of hydrogen-bond donors (Lipinski definition) is 6. The molecule has 20 heteroatoms. The molecule has 4 aromatic carbocycles. The third-order valence-corrected chi connectivity index (χ3v) is 13.3. The van der Waals surface area contributed by atoms with Gasteiger partial charge in [0.2, 0.25) is 11.8 Å². The number of carboxylic acid groups (broad SMARTS) is 1. The number of H-pyrrole nitrogens is 1. The molecule has 0 bridgehead atoms. The molecule has 4 aliphatic rings. The van der Waals surface area contributed by atoms with Gasteiger partial charge in [-0.1, -0.05) is 18.2 Å². The van der Waals surface area contributed by atoms with Crippen molar-refractivity contribution in [3.05, 3.63) is 113 Å². The molecule has 1 aromatic heterocycles. The summed E-state index contributed by atoms with van der Waals surface area (Å²) in [6.45, 7) is 9.26. The maximum atomic E-state index is 14.0. The summed E-state index contributed by atoms with van der Waals surface area (Å²) in [5, 5.41) is 27.6. The number of imide groups is 1. The molecule has 1 unspecified atom stereocenters. The highest BCUT2D eigenvalue weighted by atomic mass is 19.4. The van der Waals surface area contributed by atoms with Gasteiger partial charge in [0.25, 0.3) is 5.91 Å². The molecule has 372 valence electrons. The van der Waals surface area contributed by atoms with Gasteiger partial charge in [-0.2, -0.15) is 18.3 Å². The summed E-state index contributed by atoms with van der Waals surface area (Å²) < 4.78 is 65.1. The molecular weight excluding hydrogens is 918 g/mol. The Morgan fingerprint density at radius 3 is 2.10 bits per heavy atom. The monoisotopic (exact) mass is 973 g/mol. The van der Waals surface area contributed by atoms with E-state index in [1.54, 1.807) is 0 Å². The molecule has 6 N–H and O–H groups in total. The van der Waals surface area contributed by atoms with Crippen molar-refractivity contribution in [2.75, 3.05) is 86.4 Å². The van der Waals surface area contributed by atoms with E-state index in [-0.39, 0.29) is 29.8 Å². The van der Waals surface area contributed by atoms with Crippen LogP contribution in [0.25, 0.3) is 10.9 Å². The Hall–Kier alpha value is -6.64. The van der Waals surface area contributed by atoms with E-state index in [4.69, 9.17) is 14.6 Å². The second-order valence-electron chi connectivity index (χ2n) is 18.1. The number of carboxylic acids is 1. The highest BCUT2D eigenvalue weighted by Crippen LogP contribution is 2.32. The number of aromatic amines is 1. The normalized spacial score (nSPS) is 18.8. The fourth-order valence-electron chi connectivity index (χ4n) is 9.38. The van der Waals surface area contributed by atoms with E-state index in [1.165, 1.54) is 17.7 Å². The summed E-state index contributed by atoms with van der Waals surface area (Å²) in [6, 6.07) is 23.4. The minimum Gasteiger partial charge on any atom is -0.475 e. The van der Waals surface area contributed by atoms with E-state index in [2.05, 4.69) is 64.4 Å². The quantitative estimate of drug-likeness (QED) is 0.0520. The fourth-order valence-corrected chi connectivity index (χ4v) is 9.38. The number of aliphatic carboxylic acids is 1. The van der Waals surface area contributed by atoms with Gasteiger partial charge in [-0.3, -0.25) is 29.7 Å². The standard InChI is InChI=1S/C48H55F2N9O4.C2HF3O2/c49-35-26-32(27-36(50)29-35)25-31-1-8-42-41(28-31)46(56-55-42)54-47(61)40-7-6-39(30-44(40)52-38-13-23-63-24-14-38)59-21-19-58(20-22-59)18-17-57-15-11-34(12-16-57)33-2-4-37(5-3-33)51-43-9-10-45(60)53-48(43)62;3-2(4,5)1(6)7/h1-8,26-30,34,38,43,51-52H,9-25H2,(H,53,60,62)(H2,54,55,56,61);(H,6,7). The summed E-state index contributed by atoms with van der Waals surface area (Å²) in [7, 11) is 0. The van der Waals surface area contributed by atoms with Crippen molar-refractivity contribution in [3.8, 4) is 0 Å². The lowest BCUT2D eigenvalue weighted by Gasteiger charge is -2.38. The van der Waals surface area contributed by atoms with Crippen LogP contribution in [0, 0.1) is 11.6 Å². The van der Waals surface area contributed by atoms with Crippen LogP contribution in [0.3, 0.4) is 0 Å². The van der Waals surface area contributed by atoms with Crippen LogP contribution in [0.4, 0.5) is 44.8 Å². The number of rotatable bonds is 13. The lowest BCUT2D eigenvalue weighted by atomic mass is 9.89. The number of ether oxygens (including phenoxy) is 1. The van der Waals surface area contributed by atoms with Gasteiger partial charge in [-0.25, -0.2) is 13.6 Å². The zero-order valence-electron chi connectivity index (χ0n) is 38.4. The first kappa shape index (κ1) is 49.8. The molecule has 70 heavy (non-hydrogen) atoms. The highest BCUT2D eigenvalue weighted by Gasteiger charge is 2.38. The Morgan fingerprint density at radius 1 is 0.771 bits per heavy atom. The minimum atomic E-state index is -5.08. The summed E-state index contributed by atoms with van der Waals surface area (Å²) in [5.74, 6) is -3.84. The lowest BCUT2D eigenvalue weighted by molar-refractivity contribution is -0.192. The fraction of sp³-hybridized carbons (Fsp3) is 0.420. The number of piperidine rings is 2. The number of amides is 3. The molecule has 1 atom stereocenters.